The first kappa shape index (κ1) is 20.2. The van der Waals surface area contributed by atoms with Crippen LogP contribution in [0, 0.1) is 18.3 Å². The summed E-state index contributed by atoms with van der Waals surface area (Å²) in [4.78, 5) is 31.3. The molecular formula is C23H15N5O2S2. The minimum absolute atomic E-state index is 0.0595. The Bertz CT molecular complexity index is 1520. The van der Waals surface area contributed by atoms with Crippen molar-refractivity contribution >= 4 is 61.4 Å². The fourth-order valence-corrected chi connectivity index (χ4v) is 5.53. The third-order valence-electron chi connectivity index (χ3n) is 5.02. The van der Waals surface area contributed by atoms with Crippen LogP contribution >= 0.6 is 23.1 Å². The van der Waals surface area contributed by atoms with Crippen molar-refractivity contribution in [2.45, 2.75) is 13.8 Å². The number of anilines is 1. The molecule has 1 aliphatic heterocycles. The average molecular weight is 458 g/mol. The van der Waals surface area contributed by atoms with Crippen molar-refractivity contribution in [2.75, 3.05) is 5.01 Å². The van der Waals surface area contributed by atoms with E-state index in [1.165, 1.54) is 23.3 Å². The Morgan fingerprint density at radius 2 is 1.78 bits per heavy atom. The van der Waals surface area contributed by atoms with Crippen molar-refractivity contribution in [3.63, 3.8) is 0 Å². The Kier molecular flexibility index (Phi) is 4.89. The quantitative estimate of drug-likeness (QED) is 0.245. The molecule has 156 valence electrons. The molecular weight excluding hydrogens is 442 g/mol. The molecule has 0 aliphatic carbocycles. The molecule has 0 N–H and O–H groups in total. The van der Waals surface area contributed by atoms with Crippen molar-refractivity contribution < 1.29 is 9.59 Å². The molecule has 2 aromatic heterocycles. The number of hydrazone groups is 1. The number of para-hydroxylation sites is 3. The lowest BCUT2D eigenvalue weighted by Crippen LogP contribution is -2.15. The summed E-state index contributed by atoms with van der Waals surface area (Å²) < 4.78 is 1.93. The second-order valence-corrected chi connectivity index (χ2v) is 9.02. The number of hydrogen-bond donors (Lipinski definition) is 0. The summed E-state index contributed by atoms with van der Waals surface area (Å²) in [6.07, 6.45) is 0. The molecule has 0 saturated heterocycles. The SMILES string of the molecule is CC(=O)C1=NN(c2ccccc2)C(=C(C#N)C(=O)c2sc3nc4ccccc4n3c2C)S1. The maximum absolute atomic E-state index is 13.6. The van der Waals surface area contributed by atoms with Gasteiger partial charge in [-0.15, -0.1) is 0 Å². The number of allylic oxidation sites excluding steroid dienone is 1. The Hall–Kier alpha value is -3.74. The van der Waals surface area contributed by atoms with Gasteiger partial charge in [-0.3, -0.25) is 14.0 Å². The third kappa shape index (κ3) is 3.12. The number of hydrogen-bond acceptors (Lipinski definition) is 8. The van der Waals surface area contributed by atoms with Gasteiger partial charge in [-0.25, -0.2) is 9.99 Å². The number of rotatable bonds is 4. The van der Waals surface area contributed by atoms with Crippen LogP contribution in [0.15, 0.2) is 70.3 Å². The van der Waals surface area contributed by atoms with Gasteiger partial charge in [0.05, 0.1) is 21.6 Å². The molecule has 0 radical (unpaired) electrons. The molecule has 9 heteroatoms. The van der Waals surface area contributed by atoms with Crippen LogP contribution in [-0.4, -0.2) is 26.0 Å². The fraction of sp³-hybridized carbons (Fsp3) is 0.0870. The van der Waals surface area contributed by atoms with Gasteiger partial charge in [-0.2, -0.15) is 10.4 Å². The zero-order valence-corrected chi connectivity index (χ0v) is 18.7. The molecule has 0 bridgehead atoms. The number of carbonyl (C=O) groups excluding carboxylic acids is 2. The molecule has 4 aromatic rings. The first-order chi connectivity index (χ1) is 15.5. The average Bonchev–Trinajstić information content (AvgIpc) is 3.48. The van der Waals surface area contributed by atoms with E-state index in [4.69, 9.17) is 0 Å². The smallest absolute Gasteiger partial charge is 0.218 e. The van der Waals surface area contributed by atoms with Gasteiger partial charge in [0.1, 0.15) is 16.7 Å². The Labute approximate surface area is 191 Å². The van der Waals surface area contributed by atoms with Gasteiger partial charge in [0, 0.05) is 12.6 Å². The van der Waals surface area contributed by atoms with Gasteiger partial charge < -0.3 is 0 Å². The maximum Gasteiger partial charge on any atom is 0.218 e. The van der Waals surface area contributed by atoms with E-state index in [-0.39, 0.29) is 16.4 Å². The molecule has 3 heterocycles. The maximum atomic E-state index is 13.6. The number of thiazole rings is 1. The molecule has 32 heavy (non-hydrogen) atoms. The van der Waals surface area contributed by atoms with Crippen LogP contribution < -0.4 is 5.01 Å². The number of carbonyl (C=O) groups is 2. The van der Waals surface area contributed by atoms with E-state index in [0.717, 1.165) is 28.5 Å². The molecule has 0 amide bonds. The van der Waals surface area contributed by atoms with Crippen LogP contribution in [0.2, 0.25) is 0 Å². The monoisotopic (exact) mass is 457 g/mol. The normalized spacial score (nSPS) is 15.2. The Balaban J connectivity index is 1.65. The van der Waals surface area contributed by atoms with Crippen LogP contribution in [0.3, 0.4) is 0 Å². The lowest BCUT2D eigenvalue weighted by molar-refractivity contribution is -0.110. The highest BCUT2D eigenvalue weighted by atomic mass is 32.2. The second kappa shape index (κ2) is 7.75. The molecule has 0 unspecified atom stereocenters. The minimum atomic E-state index is -0.409. The van der Waals surface area contributed by atoms with Gasteiger partial charge >= 0.3 is 0 Å². The highest BCUT2D eigenvalue weighted by molar-refractivity contribution is 8.19. The number of benzene rings is 2. The Morgan fingerprint density at radius 3 is 2.50 bits per heavy atom. The van der Waals surface area contributed by atoms with Crippen molar-refractivity contribution in [1.29, 1.82) is 5.26 Å². The van der Waals surface area contributed by atoms with Crippen molar-refractivity contribution in [2.24, 2.45) is 5.10 Å². The van der Waals surface area contributed by atoms with Gasteiger partial charge in [-0.1, -0.05) is 41.7 Å². The van der Waals surface area contributed by atoms with E-state index in [2.05, 4.69) is 16.2 Å². The molecule has 2 aromatic carbocycles. The molecule has 7 nitrogen and oxygen atoms in total. The zero-order chi connectivity index (χ0) is 22.4. The lowest BCUT2D eigenvalue weighted by Gasteiger charge is -2.16. The number of aryl methyl sites for hydroxylation is 1. The summed E-state index contributed by atoms with van der Waals surface area (Å²) in [5.41, 5.74) is 3.08. The summed E-state index contributed by atoms with van der Waals surface area (Å²) in [5, 5.41) is 16.4. The number of nitrogens with zero attached hydrogens (tertiary/aromatic N) is 5. The van der Waals surface area contributed by atoms with Gasteiger partial charge in [0.2, 0.25) is 5.78 Å². The van der Waals surface area contributed by atoms with E-state index >= 15 is 0 Å². The largest absolute Gasteiger partial charge is 0.292 e. The Morgan fingerprint density at radius 1 is 1.06 bits per heavy atom. The summed E-state index contributed by atoms with van der Waals surface area (Å²) in [6, 6.07) is 18.9. The van der Waals surface area contributed by atoms with Gasteiger partial charge in [0.25, 0.3) is 0 Å². The minimum Gasteiger partial charge on any atom is -0.292 e. The fourth-order valence-electron chi connectivity index (χ4n) is 3.52. The molecule has 0 atom stereocenters. The van der Waals surface area contributed by atoms with Crippen LogP contribution in [0.1, 0.15) is 22.3 Å². The highest BCUT2D eigenvalue weighted by Gasteiger charge is 2.33. The van der Waals surface area contributed by atoms with E-state index in [1.54, 1.807) is 0 Å². The second-order valence-electron chi connectivity index (χ2n) is 7.07. The molecule has 1 aliphatic rings. The predicted octanol–water partition coefficient (Wildman–Crippen LogP) is 4.93. The molecule has 5 rings (SSSR count). The number of imidazole rings is 1. The highest BCUT2D eigenvalue weighted by Crippen LogP contribution is 2.38. The summed E-state index contributed by atoms with van der Waals surface area (Å²) >= 11 is 2.29. The van der Waals surface area contributed by atoms with Crippen LogP contribution in [0.5, 0.6) is 0 Å². The number of thioether (sulfide) groups is 1. The van der Waals surface area contributed by atoms with Crippen LogP contribution in [-0.2, 0) is 4.79 Å². The van der Waals surface area contributed by atoms with Crippen LogP contribution in [0.4, 0.5) is 5.69 Å². The first-order valence-corrected chi connectivity index (χ1v) is 11.3. The van der Waals surface area contributed by atoms with Crippen molar-refractivity contribution in [3.05, 3.63) is 75.8 Å². The first-order valence-electron chi connectivity index (χ1n) is 9.68. The summed E-state index contributed by atoms with van der Waals surface area (Å²) in [5.74, 6) is -0.638. The number of Topliss-reactive ketones (excluding diaryl/α,β-unsaturated/α-hetero) is 2. The summed E-state index contributed by atoms with van der Waals surface area (Å²) in [6.45, 7) is 3.26. The van der Waals surface area contributed by atoms with Crippen molar-refractivity contribution in [3.8, 4) is 6.07 Å². The number of aromatic nitrogens is 2. The third-order valence-corrected chi connectivity index (χ3v) is 7.30. The molecule has 0 spiro atoms. The predicted molar refractivity (Wildman–Crippen MR) is 127 cm³/mol. The number of nitriles is 1. The van der Waals surface area contributed by atoms with E-state index in [9.17, 15) is 14.9 Å². The topological polar surface area (TPSA) is 90.8 Å². The number of ketones is 2. The van der Waals surface area contributed by atoms with Gasteiger partial charge in [0.15, 0.2) is 15.8 Å². The molecule has 0 fully saturated rings. The van der Waals surface area contributed by atoms with E-state index < -0.39 is 5.78 Å². The van der Waals surface area contributed by atoms with E-state index in [0.29, 0.717) is 20.6 Å². The summed E-state index contributed by atoms with van der Waals surface area (Å²) in [7, 11) is 0. The number of fused-ring (bicyclic) bond motifs is 3. The van der Waals surface area contributed by atoms with Crippen molar-refractivity contribution in [1.82, 2.24) is 9.38 Å². The standard InChI is InChI=1S/C23H15N5O2S2/c1-13-20(31-23-25-17-10-6-7-11-18(17)27(13)23)19(30)16(12-24)22-28(15-8-4-3-5-9-15)26-21(32-22)14(2)29/h3-11H,1-2H3. The zero-order valence-electron chi connectivity index (χ0n) is 17.1. The lowest BCUT2D eigenvalue weighted by atomic mass is 10.1. The molecule has 0 saturated carbocycles. The van der Waals surface area contributed by atoms with E-state index in [1.807, 2.05) is 65.9 Å². The van der Waals surface area contributed by atoms with Gasteiger partial charge in [-0.05, 0) is 43.0 Å². The van der Waals surface area contributed by atoms with Crippen LogP contribution in [0.25, 0.3) is 16.0 Å².